The van der Waals surface area contributed by atoms with Gasteiger partial charge in [-0.3, -0.25) is 0 Å². The maximum Gasteiger partial charge on any atom is 0.137 e. The number of hydrogen-bond donors (Lipinski definition) is 2. The Labute approximate surface area is 127 Å². The summed E-state index contributed by atoms with van der Waals surface area (Å²) in [5.74, 6) is 1.82. The molecule has 0 spiro atoms. The first-order valence-electron chi connectivity index (χ1n) is 7.78. The number of methoxy groups -OCH3 is 1. The van der Waals surface area contributed by atoms with Crippen LogP contribution in [0.3, 0.4) is 0 Å². The lowest BCUT2D eigenvalue weighted by Crippen LogP contribution is -3.27. The van der Waals surface area contributed by atoms with E-state index in [1.807, 2.05) is 24.3 Å². The van der Waals surface area contributed by atoms with Gasteiger partial charge in [0.05, 0.1) is 14.2 Å². The molecule has 1 fully saturated rings. The normalized spacial score (nSPS) is 21.8. The molecule has 0 unspecified atom stereocenters. The summed E-state index contributed by atoms with van der Waals surface area (Å²) in [6.45, 7) is 10.7. The Morgan fingerprint density at radius 3 is 2.67 bits per heavy atom. The molecular weight excluding hydrogens is 264 g/mol. The molecule has 0 saturated carbocycles. The topological polar surface area (TPSA) is 27.3 Å². The highest BCUT2D eigenvalue weighted by Crippen LogP contribution is 2.24. The average Bonchev–Trinajstić information content (AvgIpc) is 2.51. The first kappa shape index (κ1) is 15.9. The van der Waals surface area contributed by atoms with Gasteiger partial charge in [-0.2, -0.15) is 0 Å². The van der Waals surface area contributed by atoms with Crippen molar-refractivity contribution in [3.63, 3.8) is 0 Å². The molecule has 0 aliphatic carbocycles. The molecule has 21 heavy (non-hydrogen) atoms. The Balaban J connectivity index is 1.85. The van der Waals surface area contributed by atoms with E-state index < -0.39 is 0 Å². The predicted molar refractivity (Wildman–Crippen MR) is 84.6 cm³/mol. The van der Waals surface area contributed by atoms with Crippen LogP contribution in [0, 0.1) is 0 Å². The molecule has 0 atom stereocenters. The fourth-order valence-electron chi connectivity index (χ4n) is 2.72. The number of nitrogens with one attached hydrogen (secondary N) is 2. The van der Waals surface area contributed by atoms with Gasteiger partial charge in [0, 0.05) is 5.56 Å². The smallest absolute Gasteiger partial charge is 0.137 e. The summed E-state index contributed by atoms with van der Waals surface area (Å²) < 4.78 is 11.3. The number of rotatable bonds is 7. The van der Waals surface area contributed by atoms with Crippen molar-refractivity contribution in [1.82, 2.24) is 0 Å². The summed E-state index contributed by atoms with van der Waals surface area (Å²) in [6, 6.07) is 5.98. The second-order valence-electron chi connectivity index (χ2n) is 5.77. The van der Waals surface area contributed by atoms with E-state index >= 15 is 0 Å². The van der Waals surface area contributed by atoms with Crippen LogP contribution in [0.25, 0.3) is 0 Å². The first-order valence-corrected chi connectivity index (χ1v) is 7.78. The molecule has 0 aromatic heterocycles. The van der Waals surface area contributed by atoms with Crippen molar-refractivity contribution in [2.75, 3.05) is 53.5 Å². The molecule has 1 aliphatic rings. The summed E-state index contributed by atoms with van der Waals surface area (Å²) in [5, 5.41) is 0. The van der Waals surface area contributed by atoms with Gasteiger partial charge >= 0.3 is 0 Å². The van der Waals surface area contributed by atoms with E-state index in [9.17, 15) is 0 Å². The summed E-state index contributed by atoms with van der Waals surface area (Å²) in [6.07, 6.45) is 2.70. The highest BCUT2D eigenvalue weighted by Gasteiger charge is 2.19. The third-order valence-electron chi connectivity index (χ3n) is 4.16. The zero-order valence-electron chi connectivity index (χ0n) is 13.3. The Kier molecular flexibility index (Phi) is 6.08. The van der Waals surface area contributed by atoms with Crippen LogP contribution < -0.4 is 19.3 Å². The molecule has 0 amide bonds. The monoisotopic (exact) mass is 292 g/mol. The summed E-state index contributed by atoms with van der Waals surface area (Å²) >= 11 is 0. The number of likely N-dealkylation sites (N-methyl/N-ethyl adjacent to an activating group) is 1. The fourth-order valence-corrected chi connectivity index (χ4v) is 2.72. The minimum absolute atomic E-state index is 0.769. The fraction of sp³-hybridized carbons (Fsp3) is 0.529. The van der Waals surface area contributed by atoms with E-state index in [2.05, 4.69) is 13.6 Å². The standard InChI is InChI=1S/C17H26N2O2/c1-4-5-15-14-16(20-3)6-7-17(15)21-13-12-19-10-8-18(2)9-11-19/h4,6-7,14H,1,5,8-13H2,2-3H3/p+2. The molecule has 0 bridgehead atoms. The largest absolute Gasteiger partial charge is 0.497 e. The lowest BCUT2D eigenvalue weighted by molar-refractivity contribution is -1.00. The maximum absolute atomic E-state index is 5.99. The number of quaternary nitrogens is 2. The van der Waals surface area contributed by atoms with Gasteiger partial charge in [0.2, 0.25) is 0 Å². The molecular formula is C17H28N2O2+2. The van der Waals surface area contributed by atoms with Gasteiger partial charge < -0.3 is 19.3 Å². The van der Waals surface area contributed by atoms with E-state index in [1.54, 1.807) is 16.9 Å². The van der Waals surface area contributed by atoms with Crippen molar-refractivity contribution in [1.29, 1.82) is 0 Å². The van der Waals surface area contributed by atoms with Crippen molar-refractivity contribution >= 4 is 0 Å². The lowest BCUT2D eigenvalue weighted by Gasteiger charge is -2.27. The third-order valence-corrected chi connectivity index (χ3v) is 4.16. The molecule has 1 saturated heterocycles. The zero-order valence-corrected chi connectivity index (χ0v) is 13.3. The van der Waals surface area contributed by atoms with Crippen molar-refractivity contribution in [3.8, 4) is 11.5 Å². The summed E-state index contributed by atoms with van der Waals surface area (Å²) in [7, 11) is 3.96. The van der Waals surface area contributed by atoms with Crippen molar-refractivity contribution in [3.05, 3.63) is 36.4 Å². The van der Waals surface area contributed by atoms with Gasteiger partial charge in [0.1, 0.15) is 50.8 Å². The van der Waals surface area contributed by atoms with Crippen LogP contribution in [0.1, 0.15) is 5.56 Å². The maximum atomic E-state index is 5.99. The Bertz CT molecular complexity index is 454. The minimum atomic E-state index is 0.769. The number of piperazine rings is 1. The van der Waals surface area contributed by atoms with E-state index in [1.165, 1.54) is 26.2 Å². The quantitative estimate of drug-likeness (QED) is 0.645. The second-order valence-corrected chi connectivity index (χ2v) is 5.77. The van der Waals surface area contributed by atoms with Crippen LogP contribution in [0.2, 0.25) is 0 Å². The van der Waals surface area contributed by atoms with Crippen LogP contribution in [0.15, 0.2) is 30.9 Å². The number of benzene rings is 1. The van der Waals surface area contributed by atoms with E-state index in [0.29, 0.717) is 0 Å². The van der Waals surface area contributed by atoms with Crippen LogP contribution in [0.4, 0.5) is 0 Å². The molecule has 1 aromatic carbocycles. The van der Waals surface area contributed by atoms with E-state index in [4.69, 9.17) is 9.47 Å². The number of allylic oxidation sites excluding steroid dienone is 1. The van der Waals surface area contributed by atoms with Gasteiger partial charge in [-0.15, -0.1) is 6.58 Å². The van der Waals surface area contributed by atoms with Gasteiger partial charge in [0.25, 0.3) is 0 Å². The summed E-state index contributed by atoms with van der Waals surface area (Å²) in [4.78, 5) is 3.29. The van der Waals surface area contributed by atoms with Crippen LogP contribution in [0.5, 0.6) is 11.5 Å². The highest BCUT2D eigenvalue weighted by molar-refractivity contribution is 5.41. The van der Waals surface area contributed by atoms with Crippen molar-refractivity contribution in [2.45, 2.75) is 6.42 Å². The highest BCUT2D eigenvalue weighted by atomic mass is 16.5. The molecule has 4 heteroatoms. The molecule has 2 N–H and O–H groups in total. The Morgan fingerprint density at radius 1 is 1.24 bits per heavy atom. The van der Waals surface area contributed by atoms with Crippen LogP contribution in [-0.4, -0.2) is 53.5 Å². The zero-order chi connectivity index (χ0) is 15.1. The van der Waals surface area contributed by atoms with Gasteiger partial charge in [0.15, 0.2) is 0 Å². The minimum Gasteiger partial charge on any atom is -0.497 e. The SMILES string of the molecule is C=CCc1cc(OC)ccc1OCC[NH+]1CC[NH+](C)CC1. The van der Waals surface area contributed by atoms with Crippen molar-refractivity contribution < 1.29 is 19.3 Å². The molecule has 2 rings (SSSR count). The molecule has 116 valence electrons. The lowest BCUT2D eigenvalue weighted by atomic mass is 10.1. The van der Waals surface area contributed by atoms with Crippen LogP contribution in [-0.2, 0) is 6.42 Å². The molecule has 0 radical (unpaired) electrons. The van der Waals surface area contributed by atoms with Gasteiger partial charge in [-0.1, -0.05) is 6.08 Å². The number of hydrogen-bond acceptors (Lipinski definition) is 2. The molecule has 1 heterocycles. The number of ether oxygens (including phenoxy) is 2. The van der Waals surface area contributed by atoms with Crippen LogP contribution >= 0.6 is 0 Å². The van der Waals surface area contributed by atoms with Crippen molar-refractivity contribution in [2.24, 2.45) is 0 Å². The Hall–Kier alpha value is -1.52. The third kappa shape index (κ3) is 4.76. The van der Waals surface area contributed by atoms with Gasteiger partial charge in [-0.25, -0.2) is 0 Å². The van der Waals surface area contributed by atoms with E-state index in [0.717, 1.165) is 36.6 Å². The molecule has 1 aliphatic heterocycles. The van der Waals surface area contributed by atoms with E-state index in [-0.39, 0.29) is 0 Å². The van der Waals surface area contributed by atoms with Gasteiger partial charge in [-0.05, 0) is 24.6 Å². The first-order chi connectivity index (χ1) is 10.2. The molecule has 1 aromatic rings. The summed E-state index contributed by atoms with van der Waals surface area (Å²) in [5.41, 5.74) is 1.14. The molecule has 4 nitrogen and oxygen atoms in total. The average molecular weight is 292 g/mol. The second kappa shape index (κ2) is 8.05. The Morgan fingerprint density at radius 2 is 2.00 bits per heavy atom. The predicted octanol–water partition coefficient (Wildman–Crippen LogP) is -0.784.